The Morgan fingerprint density at radius 1 is 1.43 bits per heavy atom. The molecule has 0 bridgehead atoms. The van der Waals surface area contributed by atoms with Crippen molar-refractivity contribution in [2.45, 2.75) is 17.2 Å². The predicted octanol–water partition coefficient (Wildman–Crippen LogP) is 2.83. The van der Waals surface area contributed by atoms with Gasteiger partial charge in [0, 0.05) is 12.7 Å². The molecule has 0 fully saturated rings. The number of ketones is 1. The highest BCUT2D eigenvalue weighted by Crippen LogP contribution is 2.37. The van der Waals surface area contributed by atoms with Crippen LogP contribution in [0.2, 0.25) is 0 Å². The number of hydrogen-bond acceptors (Lipinski definition) is 4. The number of aliphatic hydroxyl groups is 1. The minimum Gasteiger partial charge on any atom is -0.380 e. The molecule has 112 valence electrons. The third-order valence-corrected chi connectivity index (χ3v) is 4.66. The topological polar surface area (TPSA) is 46.5 Å². The molecule has 0 heterocycles. The van der Waals surface area contributed by atoms with Crippen molar-refractivity contribution in [3.63, 3.8) is 0 Å². The summed E-state index contributed by atoms with van der Waals surface area (Å²) in [5.74, 6) is -0.522. The lowest BCUT2D eigenvalue weighted by Crippen LogP contribution is -2.37. The van der Waals surface area contributed by atoms with Crippen LogP contribution in [0.25, 0.3) is 0 Å². The zero-order valence-electron chi connectivity index (χ0n) is 11.8. The summed E-state index contributed by atoms with van der Waals surface area (Å²) in [6, 6.07) is 8.58. The second-order valence-corrected chi connectivity index (χ2v) is 5.71. The van der Waals surface area contributed by atoms with Gasteiger partial charge in [0.05, 0.1) is 0 Å². The SMILES string of the molecule is COC1(SC)C=CC(C(=O)C(O)c2ccccc2)=CC1F. The highest BCUT2D eigenvalue weighted by molar-refractivity contribution is 8.00. The summed E-state index contributed by atoms with van der Waals surface area (Å²) < 4.78 is 19.5. The summed E-state index contributed by atoms with van der Waals surface area (Å²) in [7, 11) is 1.42. The molecular formula is C16H17FO3S. The highest BCUT2D eigenvalue weighted by atomic mass is 32.2. The number of ether oxygens (including phenoxy) is 1. The van der Waals surface area contributed by atoms with E-state index < -0.39 is 23.0 Å². The van der Waals surface area contributed by atoms with E-state index in [0.29, 0.717) is 5.56 Å². The molecule has 0 saturated heterocycles. The Labute approximate surface area is 127 Å². The van der Waals surface area contributed by atoms with Crippen molar-refractivity contribution in [1.29, 1.82) is 0 Å². The number of rotatable bonds is 5. The number of hydrogen-bond donors (Lipinski definition) is 1. The molecule has 0 saturated carbocycles. The van der Waals surface area contributed by atoms with Gasteiger partial charge in [-0.15, -0.1) is 11.8 Å². The van der Waals surface area contributed by atoms with Gasteiger partial charge in [0.2, 0.25) is 0 Å². The minimum atomic E-state index is -1.45. The Balaban J connectivity index is 2.21. The molecule has 3 unspecified atom stereocenters. The Kier molecular flexibility index (Phi) is 4.98. The molecular weight excluding hydrogens is 291 g/mol. The lowest BCUT2D eigenvalue weighted by atomic mass is 9.94. The normalized spacial score (nSPS) is 26.3. The lowest BCUT2D eigenvalue weighted by Gasteiger charge is -2.32. The highest BCUT2D eigenvalue weighted by Gasteiger charge is 2.39. The fourth-order valence-corrected chi connectivity index (χ4v) is 2.84. The van der Waals surface area contributed by atoms with Gasteiger partial charge in [0.1, 0.15) is 6.10 Å². The first-order valence-electron chi connectivity index (χ1n) is 6.46. The minimum absolute atomic E-state index is 0.153. The molecule has 0 amide bonds. The van der Waals surface area contributed by atoms with Crippen LogP contribution in [0, 0.1) is 0 Å². The smallest absolute Gasteiger partial charge is 0.195 e. The molecule has 3 nitrogen and oxygen atoms in total. The summed E-state index contributed by atoms with van der Waals surface area (Å²) in [6.45, 7) is 0. The number of Topliss-reactive ketones (excluding diaryl/α,β-unsaturated/α-hetero) is 1. The van der Waals surface area contributed by atoms with E-state index in [1.165, 1.54) is 37.1 Å². The van der Waals surface area contributed by atoms with Crippen LogP contribution in [-0.4, -0.2) is 35.4 Å². The molecule has 0 aromatic heterocycles. The number of carbonyl (C=O) groups excluding carboxylic acids is 1. The van der Waals surface area contributed by atoms with E-state index in [4.69, 9.17) is 4.74 Å². The van der Waals surface area contributed by atoms with E-state index in [2.05, 4.69) is 0 Å². The third-order valence-electron chi connectivity index (χ3n) is 3.49. The van der Waals surface area contributed by atoms with Crippen molar-refractivity contribution in [3.05, 3.63) is 59.7 Å². The number of allylic oxidation sites excluding steroid dienone is 1. The van der Waals surface area contributed by atoms with E-state index in [1.54, 1.807) is 36.6 Å². The number of alkyl halides is 1. The van der Waals surface area contributed by atoms with Gasteiger partial charge in [-0.05, 0) is 24.0 Å². The number of benzene rings is 1. The van der Waals surface area contributed by atoms with Crippen molar-refractivity contribution in [3.8, 4) is 0 Å². The molecule has 1 aromatic rings. The molecule has 1 N–H and O–H groups in total. The molecule has 1 aliphatic rings. The van der Waals surface area contributed by atoms with Gasteiger partial charge in [-0.2, -0.15) is 0 Å². The summed E-state index contributed by atoms with van der Waals surface area (Å²) in [4.78, 5) is 11.1. The maximum absolute atomic E-state index is 14.3. The van der Waals surface area contributed by atoms with Crippen molar-refractivity contribution in [2.24, 2.45) is 0 Å². The van der Waals surface area contributed by atoms with E-state index >= 15 is 0 Å². The standard InChI is InChI=1S/C16H17FO3S/c1-20-16(21-2)9-8-12(10-13(16)17)15(19)14(18)11-6-4-3-5-7-11/h3-10,13-14,18H,1-2H3. The van der Waals surface area contributed by atoms with Crippen LogP contribution in [-0.2, 0) is 9.53 Å². The Bertz CT molecular complexity index is 564. The van der Waals surface area contributed by atoms with Crippen LogP contribution in [0.3, 0.4) is 0 Å². The van der Waals surface area contributed by atoms with Crippen LogP contribution in [0.1, 0.15) is 11.7 Å². The van der Waals surface area contributed by atoms with Crippen molar-refractivity contribution >= 4 is 17.5 Å². The number of carbonyl (C=O) groups is 1. The zero-order valence-corrected chi connectivity index (χ0v) is 12.6. The van der Waals surface area contributed by atoms with Crippen LogP contribution in [0.5, 0.6) is 0 Å². The van der Waals surface area contributed by atoms with Gasteiger partial charge in [-0.1, -0.05) is 36.4 Å². The first-order valence-corrected chi connectivity index (χ1v) is 7.69. The maximum Gasteiger partial charge on any atom is 0.195 e. The first-order chi connectivity index (χ1) is 10.0. The molecule has 1 aliphatic carbocycles. The second kappa shape index (κ2) is 6.56. The summed E-state index contributed by atoms with van der Waals surface area (Å²) in [5.41, 5.74) is 0.640. The van der Waals surface area contributed by atoms with Gasteiger partial charge in [0.25, 0.3) is 0 Å². The monoisotopic (exact) mass is 308 g/mol. The quantitative estimate of drug-likeness (QED) is 0.850. The number of aliphatic hydroxyl groups excluding tert-OH is 1. The van der Waals surface area contributed by atoms with Crippen LogP contribution in [0.4, 0.5) is 4.39 Å². The zero-order chi connectivity index (χ0) is 15.5. The Hall–Kier alpha value is -1.43. The van der Waals surface area contributed by atoms with Crippen LogP contribution >= 0.6 is 11.8 Å². The molecule has 0 spiro atoms. The number of halogens is 1. The Morgan fingerprint density at radius 2 is 2.10 bits per heavy atom. The van der Waals surface area contributed by atoms with E-state index in [1.807, 2.05) is 0 Å². The predicted molar refractivity (Wildman–Crippen MR) is 81.8 cm³/mol. The summed E-state index contributed by atoms with van der Waals surface area (Å²) in [5, 5.41) is 10.1. The molecule has 2 rings (SSSR count). The molecule has 21 heavy (non-hydrogen) atoms. The van der Waals surface area contributed by atoms with Crippen molar-refractivity contribution in [1.82, 2.24) is 0 Å². The summed E-state index contributed by atoms with van der Waals surface area (Å²) in [6.07, 6.45) is 3.22. The number of thioether (sulfide) groups is 1. The fourth-order valence-electron chi connectivity index (χ4n) is 2.18. The van der Waals surface area contributed by atoms with Crippen LogP contribution < -0.4 is 0 Å². The van der Waals surface area contributed by atoms with E-state index in [-0.39, 0.29) is 5.57 Å². The second-order valence-electron chi connectivity index (χ2n) is 4.66. The van der Waals surface area contributed by atoms with Gasteiger partial charge < -0.3 is 9.84 Å². The largest absolute Gasteiger partial charge is 0.380 e. The average Bonchev–Trinajstić information content (AvgIpc) is 2.54. The fraction of sp³-hybridized carbons (Fsp3) is 0.312. The first kappa shape index (κ1) is 15.9. The molecule has 5 heteroatoms. The van der Waals surface area contributed by atoms with Gasteiger partial charge in [-0.3, -0.25) is 4.79 Å². The Morgan fingerprint density at radius 3 is 2.62 bits per heavy atom. The number of methoxy groups -OCH3 is 1. The molecule has 1 aromatic carbocycles. The van der Waals surface area contributed by atoms with Crippen LogP contribution in [0.15, 0.2) is 54.1 Å². The molecule has 0 aliphatic heterocycles. The lowest BCUT2D eigenvalue weighted by molar-refractivity contribution is -0.123. The van der Waals surface area contributed by atoms with E-state index in [0.717, 1.165) is 0 Å². The molecule has 3 atom stereocenters. The van der Waals surface area contributed by atoms with Crippen molar-refractivity contribution in [2.75, 3.05) is 13.4 Å². The van der Waals surface area contributed by atoms with Gasteiger partial charge in [-0.25, -0.2) is 4.39 Å². The van der Waals surface area contributed by atoms with E-state index in [9.17, 15) is 14.3 Å². The summed E-state index contributed by atoms with van der Waals surface area (Å²) >= 11 is 1.22. The van der Waals surface area contributed by atoms with Gasteiger partial charge >= 0.3 is 0 Å². The third kappa shape index (κ3) is 3.10. The van der Waals surface area contributed by atoms with Crippen molar-refractivity contribution < 1.29 is 19.0 Å². The van der Waals surface area contributed by atoms with Gasteiger partial charge in [0.15, 0.2) is 16.9 Å². The maximum atomic E-state index is 14.3. The molecule has 0 radical (unpaired) electrons. The average molecular weight is 308 g/mol.